The summed E-state index contributed by atoms with van der Waals surface area (Å²) in [5, 5.41) is 17.6. The molecule has 0 unspecified atom stereocenters. The number of aliphatic hydroxyl groups is 1. The van der Waals surface area contributed by atoms with Crippen LogP contribution in [0.1, 0.15) is 12.0 Å². The Kier molecular flexibility index (Phi) is 3.96. The molecule has 3 heteroatoms. The molecule has 0 aliphatic heterocycles. The van der Waals surface area contributed by atoms with Gasteiger partial charge in [-0.2, -0.15) is 5.26 Å². The average Bonchev–Trinajstić information content (AvgIpc) is 2.25. The third-order valence-electron chi connectivity index (χ3n) is 2.13. The fourth-order valence-corrected chi connectivity index (χ4v) is 1.36. The maximum absolute atomic E-state index is 9.10. The van der Waals surface area contributed by atoms with Crippen molar-refractivity contribution in [1.29, 1.82) is 5.26 Å². The van der Waals surface area contributed by atoms with Crippen molar-refractivity contribution in [2.75, 3.05) is 18.5 Å². The van der Waals surface area contributed by atoms with Crippen LogP contribution in [-0.2, 0) is 6.61 Å². The highest BCUT2D eigenvalue weighted by atomic mass is 16.3. The molecule has 0 fully saturated rings. The van der Waals surface area contributed by atoms with Crippen molar-refractivity contribution >= 4 is 5.69 Å². The monoisotopic (exact) mass is 190 g/mol. The lowest BCUT2D eigenvalue weighted by atomic mass is 10.1. The maximum atomic E-state index is 9.10. The van der Waals surface area contributed by atoms with Crippen molar-refractivity contribution in [3.05, 3.63) is 29.8 Å². The van der Waals surface area contributed by atoms with Crippen LogP contribution in [-0.4, -0.2) is 18.7 Å². The van der Waals surface area contributed by atoms with E-state index in [-0.39, 0.29) is 6.61 Å². The second-order valence-corrected chi connectivity index (χ2v) is 3.12. The molecular weight excluding hydrogens is 176 g/mol. The zero-order valence-corrected chi connectivity index (χ0v) is 8.27. The van der Waals surface area contributed by atoms with E-state index < -0.39 is 0 Å². The molecule has 1 aromatic rings. The summed E-state index contributed by atoms with van der Waals surface area (Å²) in [4.78, 5) is 1.98. The van der Waals surface area contributed by atoms with E-state index in [2.05, 4.69) is 6.07 Å². The molecule has 0 saturated heterocycles. The van der Waals surface area contributed by atoms with Crippen molar-refractivity contribution in [3.63, 3.8) is 0 Å². The summed E-state index contributed by atoms with van der Waals surface area (Å²) >= 11 is 0. The van der Waals surface area contributed by atoms with Crippen LogP contribution in [0.3, 0.4) is 0 Å². The van der Waals surface area contributed by atoms with Gasteiger partial charge in [0.1, 0.15) is 0 Å². The van der Waals surface area contributed by atoms with Crippen molar-refractivity contribution in [3.8, 4) is 6.07 Å². The minimum absolute atomic E-state index is 0.0348. The summed E-state index contributed by atoms with van der Waals surface area (Å²) in [5.41, 5.74) is 1.89. The SMILES string of the molecule is CN(CCC#N)c1ccccc1CO. The number of hydrogen-bond acceptors (Lipinski definition) is 3. The summed E-state index contributed by atoms with van der Waals surface area (Å²) in [6, 6.07) is 9.76. The molecule has 0 aliphatic carbocycles. The van der Waals surface area contributed by atoms with Gasteiger partial charge >= 0.3 is 0 Å². The molecule has 0 spiro atoms. The van der Waals surface area contributed by atoms with Crippen LogP contribution < -0.4 is 4.90 Å². The van der Waals surface area contributed by atoms with Gasteiger partial charge < -0.3 is 10.0 Å². The van der Waals surface area contributed by atoms with Crippen LogP contribution >= 0.6 is 0 Å². The number of aliphatic hydroxyl groups excluding tert-OH is 1. The first-order valence-corrected chi connectivity index (χ1v) is 4.56. The van der Waals surface area contributed by atoms with E-state index in [4.69, 9.17) is 10.4 Å². The van der Waals surface area contributed by atoms with Crippen molar-refractivity contribution in [1.82, 2.24) is 0 Å². The molecule has 0 saturated carbocycles. The van der Waals surface area contributed by atoms with Gasteiger partial charge in [0.05, 0.1) is 19.1 Å². The van der Waals surface area contributed by atoms with Gasteiger partial charge in [-0.1, -0.05) is 18.2 Å². The lowest BCUT2D eigenvalue weighted by Gasteiger charge is -2.20. The molecule has 0 aliphatic rings. The average molecular weight is 190 g/mol. The third kappa shape index (κ3) is 2.48. The maximum Gasteiger partial charge on any atom is 0.0702 e. The summed E-state index contributed by atoms with van der Waals surface area (Å²) in [7, 11) is 1.92. The molecular formula is C11H14N2O. The van der Waals surface area contributed by atoms with Gasteiger partial charge in [-0.15, -0.1) is 0 Å². The summed E-state index contributed by atoms with van der Waals surface area (Å²) in [6.45, 7) is 0.723. The Bertz CT molecular complexity index is 330. The smallest absolute Gasteiger partial charge is 0.0702 e. The second kappa shape index (κ2) is 5.25. The van der Waals surface area contributed by atoms with Gasteiger partial charge in [-0.25, -0.2) is 0 Å². The molecule has 1 rings (SSSR count). The number of hydrogen-bond donors (Lipinski definition) is 1. The van der Waals surface area contributed by atoms with Crippen LogP contribution in [0, 0.1) is 11.3 Å². The Morgan fingerprint density at radius 3 is 2.79 bits per heavy atom. The van der Waals surface area contributed by atoms with Crippen LogP contribution in [0.5, 0.6) is 0 Å². The van der Waals surface area contributed by atoms with Crippen LogP contribution in [0.4, 0.5) is 5.69 Å². The summed E-state index contributed by atoms with van der Waals surface area (Å²) in [5.74, 6) is 0. The Hall–Kier alpha value is -1.53. The molecule has 14 heavy (non-hydrogen) atoms. The van der Waals surface area contributed by atoms with E-state index in [0.29, 0.717) is 13.0 Å². The molecule has 0 aromatic heterocycles. The first kappa shape index (κ1) is 10.6. The summed E-state index contributed by atoms with van der Waals surface area (Å²) < 4.78 is 0. The lowest BCUT2D eigenvalue weighted by Crippen LogP contribution is -2.19. The Morgan fingerprint density at radius 1 is 1.43 bits per heavy atom. The fourth-order valence-electron chi connectivity index (χ4n) is 1.36. The van der Waals surface area contributed by atoms with Gasteiger partial charge in [0, 0.05) is 24.8 Å². The van der Waals surface area contributed by atoms with E-state index in [1.54, 1.807) is 0 Å². The molecule has 1 aromatic carbocycles. The van der Waals surface area contributed by atoms with E-state index in [1.165, 1.54) is 0 Å². The van der Waals surface area contributed by atoms with Gasteiger partial charge in [-0.3, -0.25) is 0 Å². The van der Waals surface area contributed by atoms with Gasteiger partial charge in [0.25, 0.3) is 0 Å². The zero-order chi connectivity index (χ0) is 10.4. The van der Waals surface area contributed by atoms with E-state index in [0.717, 1.165) is 11.3 Å². The summed E-state index contributed by atoms with van der Waals surface area (Å²) in [6.07, 6.45) is 0.496. The van der Waals surface area contributed by atoms with E-state index in [1.807, 2.05) is 36.2 Å². The van der Waals surface area contributed by atoms with Crippen molar-refractivity contribution in [2.45, 2.75) is 13.0 Å². The van der Waals surface area contributed by atoms with Crippen LogP contribution in [0.2, 0.25) is 0 Å². The quantitative estimate of drug-likeness (QED) is 0.783. The van der Waals surface area contributed by atoms with Gasteiger partial charge in [0.15, 0.2) is 0 Å². The predicted octanol–water partition coefficient (Wildman–Crippen LogP) is 1.53. The highest BCUT2D eigenvalue weighted by Crippen LogP contribution is 2.18. The van der Waals surface area contributed by atoms with E-state index >= 15 is 0 Å². The van der Waals surface area contributed by atoms with Gasteiger partial charge in [0.2, 0.25) is 0 Å². The standard InChI is InChI=1S/C11H14N2O/c1-13(8-4-7-12)11-6-3-2-5-10(11)9-14/h2-3,5-6,14H,4,8-9H2,1H3. The first-order valence-electron chi connectivity index (χ1n) is 4.56. The highest BCUT2D eigenvalue weighted by Gasteiger charge is 2.04. The number of anilines is 1. The Balaban J connectivity index is 2.78. The minimum Gasteiger partial charge on any atom is -0.392 e. The van der Waals surface area contributed by atoms with Crippen LogP contribution in [0.15, 0.2) is 24.3 Å². The number of nitriles is 1. The van der Waals surface area contributed by atoms with Gasteiger partial charge in [-0.05, 0) is 6.07 Å². The Morgan fingerprint density at radius 2 is 2.14 bits per heavy atom. The number of rotatable bonds is 4. The van der Waals surface area contributed by atoms with Crippen molar-refractivity contribution in [2.24, 2.45) is 0 Å². The first-order chi connectivity index (χ1) is 6.79. The van der Waals surface area contributed by atoms with Crippen LogP contribution in [0.25, 0.3) is 0 Å². The number of nitrogens with zero attached hydrogens (tertiary/aromatic N) is 2. The molecule has 0 bridgehead atoms. The molecule has 1 N–H and O–H groups in total. The molecule has 0 amide bonds. The largest absolute Gasteiger partial charge is 0.392 e. The fraction of sp³-hybridized carbons (Fsp3) is 0.364. The topological polar surface area (TPSA) is 47.3 Å². The zero-order valence-electron chi connectivity index (χ0n) is 8.27. The third-order valence-corrected chi connectivity index (χ3v) is 2.13. The predicted molar refractivity (Wildman–Crippen MR) is 55.9 cm³/mol. The molecule has 3 nitrogen and oxygen atoms in total. The number of para-hydroxylation sites is 1. The highest BCUT2D eigenvalue weighted by molar-refractivity contribution is 5.52. The second-order valence-electron chi connectivity index (χ2n) is 3.12. The van der Waals surface area contributed by atoms with Crippen molar-refractivity contribution < 1.29 is 5.11 Å². The number of benzene rings is 1. The molecule has 0 heterocycles. The lowest BCUT2D eigenvalue weighted by molar-refractivity contribution is 0.282. The molecule has 0 atom stereocenters. The molecule has 0 radical (unpaired) electrons. The van der Waals surface area contributed by atoms with E-state index in [9.17, 15) is 0 Å². The Labute approximate surface area is 84.2 Å². The normalized spacial score (nSPS) is 9.50. The molecule has 74 valence electrons. The minimum atomic E-state index is 0.0348.